The van der Waals surface area contributed by atoms with Crippen molar-refractivity contribution in [1.29, 1.82) is 0 Å². The van der Waals surface area contributed by atoms with Gasteiger partial charge in [0.05, 0.1) is 27.5 Å². The summed E-state index contributed by atoms with van der Waals surface area (Å²) in [5.74, 6) is 0. The van der Waals surface area contributed by atoms with Crippen molar-refractivity contribution in [2.24, 2.45) is 0 Å². The number of fused-ring (bicyclic) bond motifs is 1. The number of nitro groups is 1. The highest BCUT2D eigenvalue weighted by Gasteiger charge is 2.20. The third-order valence-corrected chi connectivity index (χ3v) is 2.84. The number of nitro benzene ring substituents is 1. The molecule has 0 aliphatic rings. The van der Waals surface area contributed by atoms with Crippen molar-refractivity contribution in [3.63, 3.8) is 0 Å². The summed E-state index contributed by atoms with van der Waals surface area (Å²) in [6.07, 6.45) is -0.399. The smallest absolute Gasteiger partial charge is 0.397 e. The maximum Gasteiger partial charge on any atom is 0.397 e. The van der Waals surface area contributed by atoms with E-state index in [1.165, 1.54) is 6.07 Å². The monoisotopic (exact) mass is 278 g/mol. The minimum atomic E-state index is -0.610. The third kappa shape index (κ3) is 2.34. The zero-order chi connectivity index (χ0) is 15.0. The fraction of sp³-hybridized carbons (Fsp3) is 0.385. The molecule has 0 aliphatic carbocycles. The molecule has 0 N–H and O–H groups in total. The van der Waals surface area contributed by atoms with Gasteiger partial charge in [-0.25, -0.2) is 4.79 Å². The van der Waals surface area contributed by atoms with Crippen molar-refractivity contribution in [2.75, 3.05) is 0 Å². The molecule has 0 fully saturated rings. The van der Waals surface area contributed by atoms with Crippen molar-refractivity contribution >= 4 is 16.6 Å². The van der Waals surface area contributed by atoms with Gasteiger partial charge in [-0.2, -0.15) is 4.98 Å². The maximum atomic E-state index is 12.0. The Labute approximate surface area is 114 Å². The van der Waals surface area contributed by atoms with E-state index in [2.05, 4.69) is 4.98 Å². The first-order valence-corrected chi connectivity index (χ1v) is 6.07. The van der Waals surface area contributed by atoms with Crippen molar-refractivity contribution in [1.82, 2.24) is 4.98 Å². The van der Waals surface area contributed by atoms with Crippen LogP contribution >= 0.6 is 0 Å². The van der Waals surface area contributed by atoms with E-state index in [1.807, 2.05) is 0 Å². The SMILES string of the molecule is Cc1c([N+](=O)[O-])cc(C)c2c(=O)oc(OC(C)C)nc12. The lowest BCUT2D eigenvalue weighted by Crippen LogP contribution is -2.12. The Morgan fingerprint density at radius 3 is 2.60 bits per heavy atom. The van der Waals surface area contributed by atoms with Gasteiger partial charge in [-0.15, -0.1) is 0 Å². The molecular formula is C13H14N2O5. The molecule has 7 nitrogen and oxygen atoms in total. The average molecular weight is 278 g/mol. The Kier molecular flexibility index (Phi) is 3.44. The normalized spacial score (nSPS) is 11.1. The first-order valence-electron chi connectivity index (χ1n) is 6.07. The van der Waals surface area contributed by atoms with Gasteiger partial charge in [0.1, 0.15) is 0 Å². The zero-order valence-electron chi connectivity index (χ0n) is 11.6. The lowest BCUT2D eigenvalue weighted by Gasteiger charge is -2.09. The molecule has 2 rings (SSSR count). The molecule has 0 atom stereocenters. The molecule has 0 saturated heterocycles. The Hall–Kier alpha value is -2.44. The molecule has 1 aromatic carbocycles. The summed E-state index contributed by atoms with van der Waals surface area (Å²) < 4.78 is 10.2. The van der Waals surface area contributed by atoms with Crippen molar-refractivity contribution in [3.8, 4) is 6.08 Å². The van der Waals surface area contributed by atoms with Crippen LogP contribution in [0.1, 0.15) is 25.0 Å². The van der Waals surface area contributed by atoms with E-state index in [-0.39, 0.29) is 28.8 Å². The number of aromatic nitrogens is 1. The van der Waals surface area contributed by atoms with Crippen LogP contribution in [0.2, 0.25) is 0 Å². The summed E-state index contributed by atoms with van der Waals surface area (Å²) in [7, 11) is 0. The van der Waals surface area contributed by atoms with E-state index in [0.717, 1.165) is 0 Å². The number of hydrogen-bond acceptors (Lipinski definition) is 6. The van der Waals surface area contributed by atoms with Gasteiger partial charge in [0.15, 0.2) is 0 Å². The van der Waals surface area contributed by atoms with Crippen LogP contribution in [0, 0.1) is 24.0 Å². The van der Waals surface area contributed by atoms with Gasteiger partial charge in [-0.05, 0) is 33.3 Å². The fourth-order valence-corrected chi connectivity index (χ4v) is 1.96. The number of nitrogens with zero attached hydrogens (tertiary/aromatic N) is 2. The predicted octanol–water partition coefficient (Wildman–Crippen LogP) is 2.50. The largest absolute Gasteiger partial charge is 0.447 e. The Morgan fingerprint density at radius 2 is 2.05 bits per heavy atom. The average Bonchev–Trinajstić information content (AvgIpc) is 2.31. The third-order valence-electron chi connectivity index (χ3n) is 2.84. The molecule has 0 saturated carbocycles. The van der Waals surface area contributed by atoms with Gasteiger partial charge in [0.25, 0.3) is 5.69 Å². The zero-order valence-corrected chi connectivity index (χ0v) is 11.6. The standard InChI is InChI=1S/C13H14N2O5/c1-6(2)19-13-14-11-8(4)9(15(17)18)5-7(3)10(11)12(16)20-13/h5-6H,1-4H3. The van der Waals surface area contributed by atoms with Gasteiger partial charge in [0, 0.05) is 6.07 Å². The highest BCUT2D eigenvalue weighted by atomic mass is 16.6. The minimum Gasteiger partial charge on any atom is -0.447 e. The van der Waals surface area contributed by atoms with E-state index in [9.17, 15) is 14.9 Å². The number of rotatable bonds is 3. The Bertz CT molecular complexity index is 748. The molecule has 2 aromatic rings. The van der Waals surface area contributed by atoms with E-state index in [4.69, 9.17) is 9.15 Å². The molecule has 0 radical (unpaired) electrons. The second kappa shape index (κ2) is 4.92. The van der Waals surface area contributed by atoms with Crippen LogP contribution in [0.5, 0.6) is 6.08 Å². The maximum absolute atomic E-state index is 12.0. The van der Waals surface area contributed by atoms with Crippen molar-refractivity contribution < 1.29 is 14.1 Å². The lowest BCUT2D eigenvalue weighted by atomic mass is 10.1. The molecule has 20 heavy (non-hydrogen) atoms. The first kappa shape index (κ1) is 14.0. The van der Waals surface area contributed by atoms with E-state index < -0.39 is 10.5 Å². The van der Waals surface area contributed by atoms with E-state index >= 15 is 0 Å². The molecule has 7 heteroatoms. The molecule has 0 spiro atoms. The van der Waals surface area contributed by atoms with Crippen molar-refractivity contribution in [3.05, 3.63) is 37.7 Å². The summed E-state index contributed by atoms with van der Waals surface area (Å²) in [6.45, 7) is 6.68. The topological polar surface area (TPSA) is 95.5 Å². The lowest BCUT2D eigenvalue weighted by molar-refractivity contribution is -0.385. The second-order valence-corrected chi connectivity index (χ2v) is 4.75. The number of benzene rings is 1. The summed E-state index contributed by atoms with van der Waals surface area (Å²) in [5, 5.41) is 11.3. The minimum absolute atomic E-state index is 0.0800. The van der Waals surface area contributed by atoms with Gasteiger partial charge in [-0.3, -0.25) is 10.1 Å². The van der Waals surface area contributed by atoms with E-state index in [1.54, 1.807) is 27.7 Å². The van der Waals surface area contributed by atoms with Crippen LogP contribution in [0.4, 0.5) is 5.69 Å². The second-order valence-electron chi connectivity index (χ2n) is 4.75. The first-order chi connectivity index (χ1) is 9.31. The molecule has 1 heterocycles. The van der Waals surface area contributed by atoms with Crippen LogP contribution in [0.3, 0.4) is 0 Å². The number of ether oxygens (including phenoxy) is 1. The molecule has 0 amide bonds. The summed E-state index contributed by atoms with van der Waals surface area (Å²) in [4.78, 5) is 26.6. The van der Waals surface area contributed by atoms with Gasteiger partial charge < -0.3 is 9.15 Å². The summed E-state index contributed by atoms with van der Waals surface area (Å²) in [5.41, 5.74) is 0.320. The molecule has 0 aliphatic heterocycles. The van der Waals surface area contributed by atoms with Crippen LogP contribution in [-0.2, 0) is 0 Å². The van der Waals surface area contributed by atoms with E-state index in [0.29, 0.717) is 11.1 Å². The van der Waals surface area contributed by atoms with Gasteiger partial charge >= 0.3 is 11.7 Å². The van der Waals surface area contributed by atoms with Crippen LogP contribution < -0.4 is 10.4 Å². The number of hydrogen-bond donors (Lipinski definition) is 0. The van der Waals surface area contributed by atoms with Crippen LogP contribution in [0.15, 0.2) is 15.3 Å². The molecule has 106 valence electrons. The Balaban J connectivity index is 2.82. The molecule has 0 bridgehead atoms. The quantitative estimate of drug-likeness (QED) is 0.632. The van der Waals surface area contributed by atoms with Crippen molar-refractivity contribution in [2.45, 2.75) is 33.8 Å². The molecule has 1 aromatic heterocycles. The summed E-state index contributed by atoms with van der Waals surface area (Å²) in [6, 6.07) is 1.35. The molecule has 0 unspecified atom stereocenters. The van der Waals surface area contributed by atoms with Crippen LogP contribution in [0.25, 0.3) is 10.9 Å². The number of aryl methyl sites for hydroxylation is 2. The fourth-order valence-electron chi connectivity index (χ4n) is 1.96. The van der Waals surface area contributed by atoms with Gasteiger partial charge in [0.2, 0.25) is 0 Å². The Morgan fingerprint density at radius 1 is 1.40 bits per heavy atom. The van der Waals surface area contributed by atoms with Gasteiger partial charge in [-0.1, -0.05) is 0 Å². The predicted molar refractivity (Wildman–Crippen MR) is 72.2 cm³/mol. The highest BCUT2D eigenvalue weighted by Crippen LogP contribution is 2.28. The summed E-state index contributed by atoms with van der Waals surface area (Å²) >= 11 is 0. The van der Waals surface area contributed by atoms with Crippen LogP contribution in [-0.4, -0.2) is 16.0 Å². The molecular weight excluding hydrogens is 264 g/mol. The highest BCUT2D eigenvalue weighted by molar-refractivity contribution is 5.87.